The number of hydrogen-bond donors (Lipinski definition) is 0. The van der Waals surface area contributed by atoms with Crippen LogP contribution in [0.4, 0.5) is 11.4 Å². The molecule has 0 fully saturated rings. The molecule has 1 aliphatic rings. The third-order valence-corrected chi connectivity index (χ3v) is 4.03. The Labute approximate surface area is 162 Å². The normalized spacial score (nSPS) is 14.6. The fourth-order valence-corrected chi connectivity index (χ4v) is 2.60. The Hall–Kier alpha value is -3.79. The minimum atomic E-state index is -0.800. The van der Waals surface area contributed by atoms with E-state index in [4.69, 9.17) is 21.1 Å². The number of rotatable bonds is 5. The summed E-state index contributed by atoms with van der Waals surface area (Å²) in [6.45, 7) is 0. The standard InChI is InChI=1S/C17H10ClN3O7/c1-27-15-5-3-10(8-14(15)21(25)26)16-19-12(17(22)28-16)6-9-2-4-11(18)13(7-9)20(23)24/h2-8H,1H3/b12-6-. The van der Waals surface area contributed by atoms with Gasteiger partial charge in [0.25, 0.3) is 5.69 Å². The van der Waals surface area contributed by atoms with Crippen LogP contribution in [0.1, 0.15) is 11.1 Å². The van der Waals surface area contributed by atoms with Gasteiger partial charge < -0.3 is 9.47 Å². The Morgan fingerprint density at radius 2 is 1.82 bits per heavy atom. The van der Waals surface area contributed by atoms with E-state index in [1.165, 1.54) is 49.6 Å². The number of aliphatic imine (C=N–C) groups is 1. The molecule has 28 heavy (non-hydrogen) atoms. The fraction of sp³-hybridized carbons (Fsp3) is 0.0588. The number of benzene rings is 2. The number of nitro benzene ring substituents is 2. The summed E-state index contributed by atoms with van der Waals surface area (Å²) >= 11 is 5.76. The SMILES string of the molecule is COc1ccc(C2=N/C(=C\c3ccc(Cl)c([N+](=O)[O-])c3)C(=O)O2)cc1[N+](=O)[O-]. The molecule has 1 aliphatic heterocycles. The minimum Gasteiger partial charge on any atom is -0.490 e. The van der Waals surface area contributed by atoms with E-state index in [0.717, 1.165) is 0 Å². The van der Waals surface area contributed by atoms with Crippen molar-refractivity contribution >= 4 is 40.9 Å². The van der Waals surface area contributed by atoms with Gasteiger partial charge in [0.1, 0.15) is 5.02 Å². The highest BCUT2D eigenvalue weighted by atomic mass is 35.5. The Bertz CT molecular complexity index is 1080. The lowest BCUT2D eigenvalue weighted by atomic mass is 10.1. The Kier molecular flexibility index (Phi) is 5.05. The first-order valence-corrected chi connectivity index (χ1v) is 7.97. The second kappa shape index (κ2) is 7.45. The van der Waals surface area contributed by atoms with Gasteiger partial charge >= 0.3 is 11.7 Å². The van der Waals surface area contributed by atoms with Crippen molar-refractivity contribution in [2.45, 2.75) is 0 Å². The van der Waals surface area contributed by atoms with Gasteiger partial charge in [0.2, 0.25) is 5.90 Å². The molecular formula is C17H10ClN3O7. The molecule has 0 aliphatic carbocycles. The highest BCUT2D eigenvalue weighted by molar-refractivity contribution is 6.32. The van der Waals surface area contributed by atoms with Gasteiger partial charge in [0.15, 0.2) is 11.4 Å². The number of cyclic esters (lactones) is 1. The number of nitro groups is 2. The van der Waals surface area contributed by atoms with E-state index in [1.807, 2.05) is 0 Å². The molecule has 11 heteroatoms. The van der Waals surface area contributed by atoms with Crippen LogP contribution in [0.25, 0.3) is 6.08 Å². The van der Waals surface area contributed by atoms with E-state index in [1.54, 1.807) is 0 Å². The molecule has 10 nitrogen and oxygen atoms in total. The predicted octanol–water partition coefficient (Wildman–Crippen LogP) is 3.51. The number of hydrogen-bond acceptors (Lipinski definition) is 8. The summed E-state index contributed by atoms with van der Waals surface area (Å²) in [5, 5.41) is 22.1. The van der Waals surface area contributed by atoms with E-state index in [2.05, 4.69) is 4.99 Å². The maximum Gasteiger partial charge on any atom is 0.363 e. The first-order valence-electron chi connectivity index (χ1n) is 7.59. The van der Waals surface area contributed by atoms with Gasteiger partial charge in [0, 0.05) is 17.7 Å². The van der Waals surface area contributed by atoms with Crippen molar-refractivity contribution in [3.63, 3.8) is 0 Å². The van der Waals surface area contributed by atoms with Crippen molar-refractivity contribution < 1.29 is 24.1 Å². The van der Waals surface area contributed by atoms with E-state index in [9.17, 15) is 25.0 Å². The molecule has 2 aromatic carbocycles. The molecule has 142 valence electrons. The maximum absolute atomic E-state index is 12.1. The molecule has 0 saturated carbocycles. The second-order valence-electron chi connectivity index (χ2n) is 5.45. The number of methoxy groups -OCH3 is 1. The zero-order valence-corrected chi connectivity index (χ0v) is 14.9. The second-order valence-corrected chi connectivity index (χ2v) is 5.85. The highest BCUT2D eigenvalue weighted by Crippen LogP contribution is 2.30. The van der Waals surface area contributed by atoms with Crippen LogP contribution < -0.4 is 4.74 Å². The topological polar surface area (TPSA) is 134 Å². The van der Waals surface area contributed by atoms with Crippen LogP contribution in [0.15, 0.2) is 47.1 Å². The van der Waals surface area contributed by atoms with Gasteiger partial charge in [-0.05, 0) is 29.8 Å². The van der Waals surface area contributed by atoms with Gasteiger partial charge in [-0.1, -0.05) is 17.7 Å². The quantitative estimate of drug-likeness (QED) is 0.322. The van der Waals surface area contributed by atoms with Crippen molar-refractivity contribution in [2.24, 2.45) is 4.99 Å². The molecule has 0 amide bonds. The van der Waals surface area contributed by atoms with Crippen LogP contribution in [0, 0.1) is 20.2 Å². The van der Waals surface area contributed by atoms with Crippen LogP contribution >= 0.6 is 11.6 Å². The fourth-order valence-electron chi connectivity index (χ4n) is 2.42. The molecular weight excluding hydrogens is 394 g/mol. The van der Waals surface area contributed by atoms with Gasteiger partial charge in [-0.25, -0.2) is 9.79 Å². The summed E-state index contributed by atoms with van der Waals surface area (Å²) in [6.07, 6.45) is 1.29. The highest BCUT2D eigenvalue weighted by Gasteiger charge is 2.27. The third kappa shape index (κ3) is 3.67. The predicted molar refractivity (Wildman–Crippen MR) is 98.4 cm³/mol. The first kappa shape index (κ1) is 19.0. The summed E-state index contributed by atoms with van der Waals surface area (Å²) in [5.41, 5.74) is -0.243. The molecule has 0 saturated heterocycles. The molecule has 0 unspecified atom stereocenters. The summed E-state index contributed by atoms with van der Waals surface area (Å²) < 4.78 is 9.98. The Morgan fingerprint density at radius 1 is 1.11 bits per heavy atom. The van der Waals surface area contributed by atoms with Crippen LogP contribution in [0.2, 0.25) is 5.02 Å². The number of carbonyl (C=O) groups excluding carboxylic acids is 1. The van der Waals surface area contributed by atoms with E-state index in [0.29, 0.717) is 5.56 Å². The number of ether oxygens (including phenoxy) is 2. The summed E-state index contributed by atoms with van der Waals surface area (Å²) in [6, 6.07) is 7.96. The van der Waals surface area contributed by atoms with Crippen LogP contribution in [0.3, 0.4) is 0 Å². The van der Waals surface area contributed by atoms with Gasteiger partial charge in [-0.15, -0.1) is 0 Å². The van der Waals surface area contributed by atoms with E-state index in [-0.39, 0.29) is 39.3 Å². The lowest BCUT2D eigenvalue weighted by Crippen LogP contribution is -2.06. The molecule has 0 atom stereocenters. The van der Waals surface area contributed by atoms with Crippen LogP contribution in [-0.2, 0) is 9.53 Å². The summed E-state index contributed by atoms with van der Waals surface area (Å²) in [5.74, 6) is -0.889. The Balaban J connectivity index is 1.99. The molecule has 0 N–H and O–H groups in total. The van der Waals surface area contributed by atoms with Gasteiger partial charge in [0.05, 0.1) is 17.0 Å². The average molecular weight is 404 g/mol. The third-order valence-electron chi connectivity index (χ3n) is 3.71. The van der Waals surface area contributed by atoms with Crippen molar-refractivity contribution in [1.82, 2.24) is 0 Å². The average Bonchev–Trinajstić information content (AvgIpc) is 3.02. The zero-order valence-electron chi connectivity index (χ0n) is 14.1. The van der Waals surface area contributed by atoms with Crippen LogP contribution in [-0.4, -0.2) is 28.8 Å². The summed E-state index contributed by atoms with van der Waals surface area (Å²) in [4.78, 5) is 36.9. The first-order chi connectivity index (χ1) is 13.3. The molecule has 1 heterocycles. The largest absolute Gasteiger partial charge is 0.490 e. The number of halogens is 1. The van der Waals surface area contributed by atoms with Gasteiger partial charge in [-0.2, -0.15) is 0 Å². The summed E-state index contributed by atoms with van der Waals surface area (Å²) in [7, 11) is 1.29. The molecule has 0 aromatic heterocycles. The van der Waals surface area contributed by atoms with Crippen molar-refractivity contribution in [3.05, 3.63) is 78.5 Å². The number of esters is 1. The van der Waals surface area contributed by atoms with E-state index < -0.39 is 15.8 Å². The van der Waals surface area contributed by atoms with E-state index >= 15 is 0 Å². The number of carbonyl (C=O) groups is 1. The van der Waals surface area contributed by atoms with Crippen molar-refractivity contribution in [2.75, 3.05) is 7.11 Å². The van der Waals surface area contributed by atoms with Gasteiger partial charge in [-0.3, -0.25) is 20.2 Å². The Morgan fingerprint density at radius 3 is 2.46 bits per heavy atom. The number of nitrogens with zero attached hydrogens (tertiary/aromatic N) is 3. The lowest BCUT2D eigenvalue weighted by molar-refractivity contribution is -0.385. The molecule has 0 bridgehead atoms. The maximum atomic E-state index is 12.1. The van der Waals surface area contributed by atoms with Crippen molar-refractivity contribution in [1.29, 1.82) is 0 Å². The minimum absolute atomic E-state index is 0.0444. The van der Waals surface area contributed by atoms with Crippen LogP contribution in [0.5, 0.6) is 5.75 Å². The lowest BCUT2D eigenvalue weighted by Gasteiger charge is -2.03. The molecule has 2 aromatic rings. The monoisotopic (exact) mass is 403 g/mol. The molecule has 3 rings (SSSR count). The smallest absolute Gasteiger partial charge is 0.363 e. The zero-order chi connectivity index (χ0) is 20.4. The molecule has 0 radical (unpaired) electrons. The van der Waals surface area contributed by atoms with Crippen molar-refractivity contribution in [3.8, 4) is 5.75 Å². The molecule has 0 spiro atoms.